The van der Waals surface area contributed by atoms with Crippen LogP contribution in [0, 0.1) is 5.92 Å². The van der Waals surface area contributed by atoms with Crippen LogP contribution in [0.1, 0.15) is 32.1 Å². The summed E-state index contributed by atoms with van der Waals surface area (Å²) in [5.41, 5.74) is 6.25. The molecule has 1 nitrogen and oxygen atoms in total. The smallest absolute Gasteiger partial charge is 0.0160 e. The first-order chi connectivity index (χ1) is 3.79. The first-order valence-electron chi connectivity index (χ1n) is 3.41. The van der Waals surface area contributed by atoms with Gasteiger partial charge in [0.2, 0.25) is 0 Å². The Morgan fingerprint density at radius 1 is 1.25 bits per heavy atom. The van der Waals surface area contributed by atoms with Crippen LogP contribution in [0.25, 0.3) is 0 Å². The zero-order chi connectivity index (χ0) is 5.61. The molecule has 0 saturated heterocycles. The van der Waals surface area contributed by atoms with Crippen LogP contribution in [-0.2, 0) is 0 Å². The summed E-state index contributed by atoms with van der Waals surface area (Å²) in [5.74, 6) is 1.73. The van der Waals surface area contributed by atoms with E-state index in [0.717, 1.165) is 0 Å². The maximum absolute atomic E-state index is 5.98. The molecule has 45 valence electrons. The second-order valence-corrected chi connectivity index (χ2v) is 3.29. The minimum Gasteiger partial charge on any atom is -0.325 e. The molecule has 1 radical (unpaired) electrons. The Kier molecular flexibility index (Phi) is 0.762. The highest BCUT2D eigenvalue weighted by Gasteiger charge is 2.41. The molecule has 0 aromatic carbocycles. The van der Waals surface area contributed by atoms with Gasteiger partial charge in [0.1, 0.15) is 0 Å². The van der Waals surface area contributed by atoms with Gasteiger partial charge >= 0.3 is 0 Å². The van der Waals surface area contributed by atoms with Gasteiger partial charge in [-0.05, 0) is 38.0 Å². The third-order valence-corrected chi connectivity index (χ3v) is 2.55. The topological polar surface area (TPSA) is 26.0 Å². The lowest BCUT2D eigenvalue weighted by atomic mass is 9.95. The molecule has 0 unspecified atom stereocenters. The van der Waals surface area contributed by atoms with Crippen molar-refractivity contribution in [2.75, 3.05) is 0 Å². The third-order valence-electron chi connectivity index (χ3n) is 2.55. The highest BCUT2D eigenvalue weighted by atomic mass is 14.8. The highest BCUT2D eigenvalue weighted by Crippen LogP contribution is 2.47. The van der Waals surface area contributed by atoms with Crippen molar-refractivity contribution in [2.24, 2.45) is 5.73 Å². The Morgan fingerprint density at radius 2 is 1.88 bits per heavy atom. The van der Waals surface area contributed by atoms with Gasteiger partial charge in [-0.3, -0.25) is 0 Å². The van der Waals surface area contributed by atoms with Crippen molar-refractivity contribution >= 4 is 0 Å². The zero-order valence-corrected chi connectivity index (χ0v) is 5.11. The summed E-state index contributed by atoms with van der Waals surface area (Å²) in [7, 11) is 0. The predicted octanol–water partition coefficient (Wildman–Crippen LogP) is 1.24. The van der Waals surface area contributed by atoms with Crippen LogP contribution < -0.4 is 5.73 Å². The van der Waals surface area contributed by atoms with Crippen molar-refractivity contribution < 1.29 is 0 Å². The van der Waals surface area contributed by atoms with Crippen LogP contribution in [0.5, 0.6) is 0 Å². The van der Waals surface area contributed by atoms with Crippen molar-refractivity contribution in [1.29, 1.82) is 0 Å². The Bertz CT molecular complexity index is 101. The molecule has 2 saturated carbocycles. The normalized spacial score (nSPS) is 34.1. The SMILES string of the molecule is NC12CC[C](CC1)C2. The molecule has 2 fully saturated rings. The second-order valence-electron chi connectivity index (χ2n) is 3.29. The van der Waals surface area contributed by atoms with Gasteiger partial charge in [-0.2, -0.15) is 0 Å². The van der Waals surface area contributed by atoms with E-state index >= 15 is 0 Å². The van der Waals surface area contributed by atoms with E-state index in [1.54, 1.807) is 5.92 Å². The molecule has 2 bridgehead atoms. The fourth-order valence-corrected chi connectivity index (χ4v) is 1.95. The summed E-state index contributed by atoms with van der Waals surface area (Å²) in [5, 5.41) is 0. The van der Waals surface area contributed by atoms with E-state index in [-0.39, 0.29) is 5.54 Å². The molecule has 2 aliphatic carbocycles. The molecule has 8 heavy (non-hydrogen) atoms. The predicted molar refractivity (Wildman–Crippen MR) is 33.2 cm³/mol. The molecule has 2 rings (SSSR count). The quantitative estimate of drug-likeness (QED) is 0.498. The molecule has 0 aliphatic heterocycles. The maximum atomic E-state index is 5.98. The molecular formula is C7H12N. The van der Waals surface area contributed by atoms with Crippen LogP contribution >= 0.6 is 0 Å². The first-order valence-corrected chi connectivity index (χ1v) is 3.41. The molecule has 2 aliphatic rings. The van der Waals surface area contributed by atoms with Gasteiger partial charge in [-0.1, -0.05) is 0 Å². The van der Waals surface area contributed by atoms with Gasteiger partial charge in [0.15, 0.2) is 0 Å². The molecule has 0 amide bonds. The molecule has 0 atom stereocenters. The number of fused-ring (bicyclic) bond motifs is 2. The van der Waals surface area contributed by atoms with Crippen molar-refractivity contribution in [2.45, 2.75) is 37.6 Å². The minimum atomic E-state index is 0.273. The average Bonchev–Trinajstić information content (AvgIpc) is 2.21. The minimum absolute atomic E-state index is 0.273. The van der Waals surface area contributed by atoms with Crippen molar-refractivity contribution in [3.05, 3.63) is 5.92 Å². The van der Waals surface area contributed by atoms with Crippen molar-refractivity contribution in [3.63, 3.8) is 0 Å². The van der Waals surface area contributed by atoms with Crippen molar-refractivity contribution in [3.8, 4) is 0 Å². The van der Waals surface area contributed by atoms with E-state index in [1.807, 2.05) is 0 Å². The lowest BCUT2D eigenvalue weighted by Crippen LogP contribution is -2.33. The zero-order valence-electron chi connectivity index (χ0n) is 5.11. The molecule has 2 N–H and O–H groups in total. The standard InChI is InChI=1S/C7H12N/c8-7-3-1-6(5-7)2-4-7/h1-5,8H2. The van der Waals surface area contributed by atoms with E-state index in [2.05, 4.69) is 0 Å². The van der Waals surface area contributed by atoms with Gasteiger partial charge in [-0.25, -0.2) is 0 Å². The number of hydrogen-bond acceptors (Lipinski definition) is 1. The van der Waals surface area contributed by atoms with Gasteiger partial charge in [-0.15, -0.1) is 0 Å². The number of nitrogens with two attached hydrogens (primary N) is 1. The summed E-state index contributed by atoms with van der Waals surface area (Å²) >= 11 is 0. The van der Waals surface area contributed by atoms with Gasteiger partial charge in [0, 0.05) is 5.54 Å². The fraction of sp³-hybridized carbons (Fsp3) is 0.857. The van der Waals surface area contributed by atoms with Crippen LogP contribution in [0.3, 0.4) is 0 Å². The summed E-state index contributed by atoms with van der Waals surface area (Å²) in [6.07, 6.45) is 6.44. The average molecular weight is 110 g/mol. The largest absolute Gasteiger partial charge is 0.325 e. The molecule has 0 spiro atoms. The van der Waals surface area contributed by atoms with E-state index in [1.165, 1.54) is 32.1 Å². The van der Waals surface area contributed by atoms with E-state index < -0.39 is 0 Å². The first kappa shape index (κ1) is 4.80. The summed E-state index contributed by atoms with van der Waals surface area (Å²) in [4.78, 5) is 0. The number of hydrogen-bond donors (Lipinski definition) is 1. The molecular weight excluding hydrogens is 98.1 g/mol. The van der Waals surface area contributed by atoms with Gasteiger partial charge in [0.25, 0.3) is 0 Å². The molecule has 0 heterocycles. The maximum Gasteiger partial charge on any atom is 0.0160 e. The number of rotatable bonds is 0. The van der Waals surface area contributed by atoms with Gasteiger partial charge in [0.05, 0.1) is 0 Å². The summed E-state index contributed by atoms with van der Waals surface area (Å²) in [6.45, 7) is 0. The van der Waals surface area contributed by atoms with E-state index in [0.29, 0.717) is 0 Å². The van der Waals surface area contributed by atoms with Crippen LogP contribution in [0.4, 0.5) is 0 Å². The lowest BCUT2D eigenvalue weighted by molar-refractivity contribution is 0.432. The Labute approximate surface area is 50.3 Å². The van der Waals surface area contributed by atoms with Crippen molar-refractivity contribution in [1.82, 2.24) is 0 Å². The summed E-state index contributed by atoms with van der Waals surface area (Å²) in [6, 6.07) is 0. The van der Waals surface area contributed by atoms with E-state index in [4.69, 9.17) is 5.73 Å². The molecule has 0 aromatic rings. The molecule has 1 heteroatoms. The third kappa shape index (κ3) is 0.510. The Morgan fingerprint density at radius 3 is 2.00 bits per heavy atom. The highest BCUT2D eigenvalue weighted by molar-refractivity contribution is 5.15. The van der Waals surface area contributed by atoms with Crippen LogP contribution in [-0.4, -0.2) is 5.54 Å². The second kappa shape index (κ2) is 1.27. The van der Waals surface area contributed by atoms with Crippen LogP contribution in [0.2, 0.25) is 0 Å². The van der Waals surface area contributed by atoms with E-state index in [9.17, 15) is 0 Å². The monoisotopic (exact) mass is 110 g/mol. The summed E-state index contributed by atoms with van der Waals surface area (Å²) < 4.78 is 0. The molecule has 0 aromatic heterocycles. The Balaban J connectivity index is 2.19. The van der Waals surface area contributed by atoms with Crippen LogP contribution in [0.15, 0.2) is 0 Å². The Hall–Kier alpha value is -0.0400. The lowest BCUT2D eigenvalue weighted by Gasteiger charge is -2.19. The van der Waals surface area contributed by atoms with Gasteiger partial charge < -0.3 is 5.73 Å². The fourth-order valence-electron chi connectivity index (χ4n) is 1.95.